The maximum absolute atomic E-state index is 12.6. The third kappa shape index (κ3) is 23.1. The number of aliphatic hydroxyl groups is 3. The molecule has 0 saturated heterocycles. The Morgan fingerprint density at radius 3 is 1.34 bits per heavy atom. The van der Waals surface area contributed by atoms with E-state index in [1.807, 2.05) is 0 Å². The highest BCUT2D eigenvalue weighted by atomic mass is 16.4. The van der Waals surface area contributed by atoms with Crippen LogP contribution in [0.1, 0.15) is 142 Å². The molecule has 250 valence electrons. The molecular weight excluding hydrogens is 548 g/mol. The van der Waals surface area contributed by atoms with Crippen LogP contribution in [-0.4, -0.2) is 45.2 Å². The van der Waals surface area contributed by atoms with E-state index in [1.165, 1.54) is 0 Å². The lowest BCUT2D eigenvalue weighted by Gasteiger charge is -2.29. The Hall–Kier alpha value is -2.34. The third-order valence-corrected chi connectivity index (χ3v) is 7.61. The Labute approximate surface area is 269 Å². The van der Waals surface area contributed by atoms with E-state index in [9.17, 15) is 24.9 Å². The molecule has 0 amide bonds. The fraction of sp³-hybridized carbons (Fsp3) is 0.641. The Balaban J connectivity index is 4.00. The highest BCUT2D eigenvalue weighted by molar-refractivity contribution is 5.96. The van der Waals surface area contributed by atoms with Crippen molar-refractivity contribution in [3.8, 4) is 0 Å². The van der Waals surface area contributed by atoms with Crippen LogP contribution < -0.4 is 0 Å². The molecule has 0 spiro atoms. The van der Waals surface area contributed by atoms with Gasteiger partial charge in [-0.3, -0.25) is 9.59 Å². The fourth-order valence-electron chi connectivity index (χ4n) is 4.77. The molecule has 0 radical (unpaired) electrons. The van der Waals surface area contributed by atoms with Crippen molar-refractivity contribution in [2.45, 2.75) is 154 Å². The molecule has 0 aliphatic heterocycles. The molecule has 5 nitrogen and oxygen atoms in total. The van der Waals surface area contributed by atoms with Gasteiger partial charge in [0, 0.05) is 12.8 Å². The summed E-state index contributed by atoms with van der Waals surface area (Å²) in [5.74, 6) is -1.23. The van der Waals surface area contributed by atoms with E-state index >= 15 is 0 Å². The third-order valence-electron chi connectivity index (χ3n) is 7.61. The molecule has 0 fully saturated rings. The molecule has 2 unspecified atom stereocenters. The first-order valence-corrected chi connectivity index (χ1v) is 17.4. The minimum Gasteiger partial charge on any atom is -0.393 e. The van der Waals surface area contributed by atoms with Crippen LogP contribution in [0, 0.1) is 0 Å². The second-order valence-corrected chi connectivity index (χ2v) is 11.6. The number of carbonyl (C=O) groups is 2. The van der Waals surface area contributed by atoms with Crippen LogP contribution in [0.5, 0.6) is 0 Å². The molecule has 3 N–H and O–H groups in total. The van der Waals surface area contributed by atoms with Gasteiger partial charge in [-0.2, -0.15) is 0 Å². The molecule has 0 aromatic rings. The molecule has 0 heterocycles. The van der Waals surface area contributed by atoms with Crippen molar-refractivity contribution in [1.82, 2.24) is 0 Å². The van der Waals surface area contributed by atoms with E-state index in [4.69, 9.17) is 0 Å². The van der Waals surface area contributed by atoms with Gasteiger partial charge in [0.1, 0.15) is 0 Å². The lowest BCUT2D eigenvalue weighted by Crippen LogP contribution is -2.55. The number of rotatable bonds is 30. The van der Waals surface area contributed by atoms with Crippen LogP contribution in [0.3, 0.4) is 0 Å². The summed E-state index contributed by atoms with van der Waals surface area (Å²) in [6.07, 6.45) is 41.8. The predicted octanol–water partition coefficient (Wildman–Crippen LogP) is 9.39. The average molecular weight is 613 g/mol. The lowest BCUT2D eigenvalue weighted by molar-refractivity contribution is -0.165. The Morgan fingerprint density at radius 1 is 0.545 bits per heavy atom. The topological polar surface area (TPSA) is 94.8 Å². The van der Waals surface area contributed by atoms with Gasteiger partial charge in [-0.15, -0.1) is 0 Å². The fourth-order valence-corrected chi connectivity index (χ4v) is 4.77. The van der Waals surface area contributed by atoms with Crippen LogP contribution in [0.2, 0.25) is 0 Å². The number of allylic oxidation sites excluding steroid dienone is 12. The first-order valence-electron chi connectivity index (χ1n) is 17.4. The van der Waals surface area contributed by atoms with Gasteiger partial charge in [-0.25, -0.2) is 0 Å². The maximum Gasteiger partial charge on any atom is 0.178 e. The van der Waals surface area contributed by atoms with Gasteiger partial charge in [0.15, 0.2) is 23.3 Å². The van der Waals surface area contributed by atoms with Crippen LogP contribution in [0.15, 0.2) is 72.9 Å². The van der Waals surface area contributed by atoms with Crippen LogP contribution >= 0.6 is 0 Å². The number of hydrogen-bond donors (Lipinski definition) is 3. The maximum atomic E-state index is 12.6. The quantitative estimate of drug-likeness (QED) is 0.0555. The summed E-state index contributed by atoms with van der Waals surface area (Å²) in [7, 11) is 0. The lowest BCUT2D eigenvalue weighted by atomic mass is 9.85. The van der Waals surface area contributed by atoms with Crippen molar-refractivity contribution >= 4 is 11.6 Å². The van der Waals surface area contributed by atoms with Gasteiger partial charge < -0.3 is 15.3 Å². The normalized spacial score (nSPS) is 14.8. The largest absolute Gasteiger partial charge is 0.393 e. The summed E-state index contributed by atoms with van der Waals surface area (Å²) < 4.78 is 0. The van der Waals surface area contributed by atoms with Gasteiger partial charge in [-0.1, -0.05) is 125 Å². The van der Waals surface area contributed by atoms with Crippen molar-refractivity contribution in [3.05, 3.63) is 72.9 Å². The molecule has 0 rings (SSSR count). The molecule has 0 aromatic heterocycles. The predicted molar refractivity (Wildman–Crippen MR) is 187 cm³/mol. The molecule has 0 saturated carbocycles. The summed E-state index contributed by atoms with van der Waals surface area (Å²) in [5.41, 5.74) is -2.41. The van der Waals surface area contributed by atoms with Crippen molar-refractivity contribution in [2.75, 3.05) is 6.61 Å². The number of hydrogen-bond acceptors (Lipinski definition) is 5. The number of Topliss-reactive ketones (excluding diaryl/α,β-unsaturated/α-hetero) is 2. The minimum atomic E-state index is -2.41. The van der Waals surface area contributed by atoms with Gasteiger partial charge in [0.05, 0.1) is 6.61 Å². The zero-order chi connectivity index (χ0) is 32.6. The molecule has 0 aliphatic carbocycles. The molecule has 2 atom stereocenters. The van der Waals surface area contributed by atoms with E-state index < -0.39 is 29.9 Å². The van der Waals surface area contributed by atoms with Gasteiger partial charge in [-0.05, 0) is 77.0 Å². The monoisotopic (exact) mass is 612 g/mol. The van der Waals surface area contributed by atoms with Crippen molar-refractivity contribution in [3.63, 3.8) is 0 Å². The van der Waals surface area contributed by atoms with E-state index in [1.54, 1.807) is 0 Å². The first kappa shape index (κ1) is 41.7. The van der Waals surface area contributed by atoms with E-state index in [-0.39, 0.29) is 12.8 Å². The van der Waals surface area contributed by atoms with Crippen molar-refractivity contribution in [2.24, 2.45) is 0 Å². The number of aliphatic hydroxyl groups excluding tert-OH is 2. The summed E-state index contributed by atoms with van der Waals surface area (Å²) in [5, 5.41) is 30.8. The summed E-state index contributed by atoms with van der Waals surface area (Å²) in [6.45, 7) is 3.32. The van der Waals surface area contributed by atoms with Crippen LogP contribution in [0.25, 0.3) is 0 Å². The van der Waals surface area contributed by atoms with Gasteiger partial charge >= 0.3 is 0 Å². The van der Waals surface area contributed by atoms with Crippen molar-refractivity contribution < 1.29 is 24.9 Å². The average Bonchev–Trinajstić information content (AvgIpc) is 3.03. The molecular formula is C39H64O5. The Kier molecular flexibility index (Phi) is 29.0. The molecule has 44 heavy (non-hydrogen) atoms. The summed E-state index contributed by atoms with van der Waals surface area (Å²) in [6, 6.07) is 0. The summed E-state index contributed by atoms with van der Waals surface area (Å²) in [4.78, 5) is 25.1. The van der Waals surface area contributed by atoms with Crippen LogP contribution in [0.4, 0.5) is 0 Å². The van der Waals surface area contributed by atoms with E-state index in [2.05, 4.69) is 86.8 Å². The molecule has 0 aliphatic rings. The Morgan fingerprint density at radius 2 is 0.909 bits per heavy atom. The number of ketones is 2. The van der Waals surface area contributed by atoms with E-state index in [0.717, 1.165) is 103 Å². The molecule has 5 heteroatoms. The zero-order valence-corrected chi connectivity index (χ0v) is 28.0. The van der Waals surface area contributed by atoms with E-state index in [0.29, 0.717) is 12.8 Å². The minimum absolute atomic E-state index is 0.0438. The van der Waals surface area contributed by atoms with Gasteiger partial charge in [0.2, 0.25) is 0 Å². The SMILES string of the molecule is CC/C=C\C/C=C\C/C=C\CCCCCCCC(=O)C(O)C(O)(CO)C(=O)CCCCCCC/C=C\C/C=C\C/C=C\CC. The Bertz CT molecular complexity index is 879. The standard InChI is InChI=1S/C39H64O5/c1-3-5-7-9-11-13-15-17-19-21-23-25-27-29-31-33-36(41)38(43)39(44,35-40)37(42)34-32-30-28-26-24-22-20-18-16-14-12-10-8-6-4-2/h5-8,11-14,17-20,38,40,43-44H,3-4,9-10,15-16,21-35H2,1-2H3/b7-5-,8-6-,13-11-,14-12-,19-17-,20-18-. The highest BCUT2D eigenvalue weighted by Crippen LogP contribution is 2.20. The molecule has 0 bridgehead atoms. The highest BCUT2D eigenvalue weighted by Gasteiger charge is 2.45. The second-order valence-electron chi connectivity index (χ2n) is 11.6. The van der Waals surface area contributed by atoms with Crippen molar-refractivity contribution in [1.29, 1.82) is 0 Å². The second kappa shape index (κ2) is 30.7. The first-order chi connectivity index (χ1) is 21.4. The number of carbonyl (C=O) groups excluding carboxylic acids is 2. The van der Waals surface area contributed by atoms with Crippen LogP contribution in [-0.2, 0) is 9.59 Å². The summed E-state index contributed by atoms with van der Waals surface area (Å²) >= 11 is 0. The molecule has 0 aromatic carbocycles. The van der Waals surface area contributed by atoms with Gasteiger partial charge in [0.25, 0.3) is 0 Å². The smallest absolute Gasteiger partial charge is 0.178 e. The zero-order valence-electron chi connectivity index (χ0n) is 28.0. The number of unbranched alkanes of at least 4 members (excludes halogenated alkanes) is 10.